The highest BCUT2D eigenvalue weighted by molar-refractivity contribution is 6.44. The number of rotatable bonds is 16. The zero-order valence-corrected chi connectivity index (χ0v) is 14.9. The lowest BCUT2D eigenvalue weighted by Crippen LogP contribution is -1.87. The molecule has 0 amide bonds. The highest BCUT2D eigenvalue weighted by Gasteiger charge is 1.98. The molecule has 0 rings (SSSR count). The third-order valence-corrected chi connectivity index (χ3v) is 4.36. The third kappa shape index (κ3) is 18.6. The van der Waals surface area contributed by atoms with Gasteiger partial charge in [-0.2, -0.15) is 0 Å². The molecule has 0 saturated carbocycles. The largest absolute Gasteiger partial charge is 0.107 e. The molecule has 121 valence electrons. The molecule has 0 heterocycles. The van der Waals surface area contributed by atoms with E-state index >= 15 is 0 Å². The maximum atomic E-state index is 5.70. The van der Waals surface area contributed by atoms with Gasteiger partial charge in [0.2, 0.25) is 0 Å². The Kier molecular flexibility index (Phi) is 18.1. The van der Waals surface area contributed by atoms with E-state index in [1.165, 1.54) is 89.9 Å². The fourth-order valence-electron chi connectivity index (χ4n) is 2.60. The van der Waals surface area contributed by atoms with Crippen LogP contribution in [0, 0.1) is 6.92 Å². The molecule has 2 heteroatoms. The van der Waals surface area contributed by atoms with E-state index in [4.69, 9.17) is 23.2 Å². The summed E-state index contributed by atoms with van der Waals surface area (Å²) in [7, 11) is 0. The van der Waals surface area contributed by atoms with Gasteiger partial charge in [-0.1, -0.05) is 103 Å². The number of hydrogen-bond donors (Lipinski definition) is 0. The van der Waals surface area contributed by atoms with Crippen LogP contribution in [0.15, 0.2) is 0 Å². The van der Waals surface area contributed by atoms with Crippen molar-refractivity contribution in [2.24, 2.45) is 0 Å². The average molecular weight is 322 g/mol. The van der Waals surface area contributed by atoms with E-state index in [0.717, 1.165) is 12.8 Å². The quantitative estimate of drug-likeness (QED) is 0.200. The second-order valence-electron chi connectivity index (χ2n) is 5.98. The Labute approximate surface area is 138 Å². The van der Waals surface area contributed by atoms with Crippen molar-refractivity contribution >= 4 is 23.2 Å². The SMILES string of the molecule is [CH2]CCCCCCCCCCCCCCCCC(Cl)Cl. The molecule has 0 aliphatic carbocycles. The van der Waals surface area contributed by atoms with Gasteiger partial charge in [-0.3, -0.25) is 0 Å². The van der Waals surface area contributed by atoms with Gasteiger partial charge in [-0.05, 0) is 6.42 Å². The summed E-state index contributed by atoms with van der Waals surface area (Å²) in [5.74, 6) is 0. The molecule has 0 aliphatic heterocycles. The van der Waals surface area contributed by atoms with Crippen LogP contribution in [-0.4, -0.2) is 4.84 Å². The van der Waals surface area contributed by atoms with Gasteiger partial charge >= 0.3 is 0 Å². The average Bonchev–Trinajstić information content (AvgIpc) is 2.43. The Hall–Kier alpha value is 0.580. The second-order valence-corrected chi connectivity index (χ2v) is 7.26. The first-order valence-corrected chi connectivity index (χ1v) is 9.72. The van der Waals surface area contributed by atoms with Crippen molar-refractivity contribution in [2.75, 3.05) is 0 Å². The molecule has 0 spiro atoms. The van der Waals surface area contributed by atoms with Crippen molar-refractivity contribution in [1.82, 2.24) is 0 Å². The molecule has 0 aromatic heterocycles. The van der Waals surface area contributed by atoms with E-state index in [1.807, 2.05) is 0 Å². The molecular formula is C18H35Cl2. The number of alkyl halides is 2. The van der Waals surface area contributed by atoms with Gasteiger partial charge in [0.1, 0.15) is 4.84 Å². The predicted molar refractivity (Wildman–Crippen MR) is 94.7 cm³/mol. The Bertz CT molecular complexity index is 169. The Morgan fingerprint density at radius 1 is 0.500 bits per heavy atom. The van der Waals surface area contributed by atoms with E-state index in [9.17, 15) is 0 Å². The lowest BCUT2D eigenvalue weighted by Gasteiger charge is -2.03. The topological polar surface area (TPSA) is 0 Å². The van der Waals surface area contributed by atoms with Gasteiger partial charge in [0.05, 0.1) is 0 Å². The van der Waals surface area contributed by atoms with Crippen molar-refractivity contribution in [3.05, 3.63) is 6.92 Å². The number of unbranched alkanes of at least 4 members (excludes halogenated alkanes) is 14. The van der Waals surface area contributed by atoms with Crippen LogP contribution in [0.2, 0.25) is 0 Å². The molecule has 0 aliphatic rings. The van der Waals surface area contributed by atoms with Crippen LogP contribution in [0.4, 0.5) is 0 Å². The summed E-state index contributed by atoms with van der Waals surface area (Å²) in [6.07, 6.45) is 21.4. The molecule has 1 radical (unpaired) electrons. The molecule has 0 atom stereocenters. The molecule has 0 nitrogen and oxygen atoms in total. The minimum absolute atomic E-state index is 0.159. The zero-order chi connectivity index (χ0) is 14.9. The molecule has 0 aromatic rings. The van der Waals surface area contributed by atoms with Gasteiger partial charge in [-0.25, -0.2) is 0 Å². The van der Waals surface area contributed by atoms with Crippen LogP contribution in [0.1, 0.15) is 103 Å². The Morgan fingerprint density at radius 2 is 0.800 bits per heavy atom. The Morgan fingerprint density at radius 3 is 1.10 bits per heavy atom. The molecule has 0 saturated heterocycles. The first kappa shape index (κ1) is 20.6. The fourth-order valence-corrected chi connectivity index (χ4v) is 2.91. The minimum Gasteiger partial charge on any atom is -0.105 e. The van der Waals surface area contributed by atoms with Gasteiger partial charge in [0, 0.05) is 0 Å². The highest BCUT2D eigenvalue weighted by atomic mass is 35.5. The summed E-state index contributed by atoms with van der Waals surface area (Å²) < 4.78 is 0. The maximum Gasteiger partial charge on any atom is 0.107 e. The predicted octanol–water partition coefficient (Wildman–Crippen LogP) is 7.87. The Balaban J connectivity index is 2.92. The summed E-state index contributed by atoms with van der Waals surface area (Å²) in [5, 5.41) is 0. The van der Waals surface area contributed by atoms with Gasteiger partial charge in [-0.15, -0.1) is 23.2 Å². The van der Waals surface area contributed by atoms with Crippen LogP contribution < -0.4 is 0 Å². The van der Waals surface area contributed by atoms with E-state index < -0.39 is 0 Å². The van der Waals surface area contributed by atoms with Crippen LogP contribution in [0.5, 0.6) is 0 Å². The van der Waals surface area contributed by atoms with Gasteiger partial charge in [0.15, 0.2) is 0 Å². The summed E-state index contributed by atoms with van der Waals surface area (Å²) in [6.45, 7) is 3.88. The molecule has 0 bridgehead atoms. The van der Waals surface area contributed by atoms with Crippen LogP contribution in [0.25, 0.3) is 0 Å². The summed E-state index contributed by atoms with van der Waals surface area (Å²) in [4.78, 5) is -0.159. The van der Waals surface area contributed by atoms with Crippen LogP contribution >= 0.6 is 23.2 Å². The standard InChI is InChI=1S/C18H35Cl2/c1-2-3-4-5-6-7-8-9-10-11-12-13-14-15-16-17-18(19)20/h18H,1-17H2. The third-order valence-electron chi connectivity index (χ3n) is 3.92. The van der Waals surface area contributed by atoms with Crippen LogP contribution in [-0.2, 0) is 0 Å². The van der Waals surface area contributed by atoms with Crippen molar-refractivity contribution in [3.8, 4) is 0 Å². The number of hydrogen-bond acceptors (Lipinski definition) is 0. The zero-order valence-electron chi connectivity index (χ0n) is 13.4. The van der Waals surface area contributed by atoms with E-state index in [0.29, 0.717) is 0 Å². The second kappa shape index (κ2) is 17.6. The molecule has 0 N–H and O–H groups in total. The van der Waals surface area contributed by atoms with E-state index in [2.05, 4.69) is 6.92 Å². The number of halogens is 2. The fraction of sp³-hybridized carbons (Fsp3) is 0.944. The lowest BCUT2D eigenvalue weighted by atomic mass is 10.0. The van der Waals surface area contributed by atoms with Gasteiger partial charge < -0.3 is 0 Å². The van der Waals surface area contributed by atoms with E-state index in [1.54, 1.807) is 0 Å². The summed E-state index contributed by atoms with van der Waals surface area (Å²) in [5.41, 5.74) is 0. The highest BCUT2D eigenvalue weighted by Crippen LogP contribution is 2.15. The van der Waals surface area contributed by atoms with Crippen LogP contribution in [0.3, 0.4) is 0 Å². The van der Waals surface area contributed by atoms with Crippen molar-refractivity contribution in [2.45, 2.75) is 108 Å². The molecule has 0 aromatic carbocycles. The first-order chi connectivity index (χ1) is 9.77. The monoisotopic (exact) mass is 321 g/mol. The first-order valence-electron chi connectivity index (χ1n) is 8.84. The van der Waals surface area contributed by atoms with Crippen molar-refractivity contribution < 1.29 is 0 Å². The van der Waals surface area contributed by atoms with Crippen molar-refractivity contribution in [3.63, 3.8) is 0 Å². The molecule has 20 heavy (non-hydrogen) atoms. The molecule has 0 unspecified atom stereocenters. The minimum atomic E-state index is -0.159. The van der Waals surface area contributed by atoms with Crippen molar-refractivity contribution in [1.29, 1.82) is 0 Å². The molecular weight excluding hydrogens is 287 g/mol. The normalized spacial score (nSPS) is 11.4. The lowest BCUT2D eigenvalue weighted by molar-refractivity contribution is 0.532. The maximum absolute atomic E-state index is 5.70. The summed E-state index contributed by atoms with van der Waals surface area (Å²) >= 11 is 11.4. The summed E-state index contributed by atoms with van der Waals surface area (Å²) in [6, 6.07) is 0. The smallest absolute Gasteiger partial charge is 0.105 e. The van der Waals surface area contributed by atoms with Gasteiger partial charge in [0.25, 0.3) is 0 Å². The molecule has 0 fully saturated rings. The van der Waals surface area contributed by atoms with E-state index in [-0.39, 0.29) is 4.84 Å².